The molecular weight excluding hydrogens is 376 g/mol. The zero-order chi connectivity index (χ0) is 22.2. The molecule has 0 bridgehead atoms. The van der Waals surface area contributed by atoms with E-state index in [0.717, 1.165) is 30.9 Å². The Morgan fingerprint density at radius 2 is 1.66 bits per heavy atom. The molecule has 1 aliphatic heterocycles. The third kappa shape index (κ3) is 8.70. The number of piperidine rings is 1. The Labute approximate surface area is 172 Å². The summed E-state index contributed by atoms with van der Waals surface area (Å²) in [5.74, 6) is -2.04. The first-order chi connectivity index (χ1) is 13.4. The van der Waals surface area contributed by atoms with Crippen molar-refractivity contribution in [1.29, 1.82) is 0 Å². The average molecular weight is 411 g/mol. The predicted molar refractivity (Wildman–Crippen MR) is 111 cm³/mol. The van der Waals surface area contributed by atoms with Crippen LogP contribution in [-0.2, 0) is 16.1 Å². The van der Waals surface area contributed by atoms with Crippen LogP contribution in [0.5, 0.6) is 11.5 Å². The minimum Gasteiger partial charge on any atom is -0.493 e. The van der Waals surface area contributed by atoms with Crippen LogP contribution in [0.3, 0.4) is 0 Å². The van der Waals surface area contributed by atoms with E-state index in [1.807, 2.05) is 13.0 Å². The maximum absolute atomic E-state index is 9.10. The summed E-state index contributed by atoms with van der Waals surface area (Å²) in [5, 5.41) is 22.2. The molecule has 2 rings (SSSR count). The molecule has 1 aromatic rings. The summed E-state index contributed by atoms with van der Waals surface area (Å²) < 4.78 is 11.0. The summed E-state index contributed by atoms with van der Waals surface area (Å²) in [6.45, 7) is 12.6. The van der Waals surface area contributed by atoms with Gasteiger partial charge in [0.25, 0.3) is 0 Å². The van der Waals surface area contributed by atoms with Crippen molar-refractivity contribution in [3.8, 4) is 11.5 Å². The quantitative estimate of drug-likeness (QED) is 0.529. The molecule has 1 aliphatic rings. The Hall–Kier alpha value is -2.32. The lowest BCUT2D eigenvalue weighted by Crippen LogP contribution is -2.61. The number of aliphatic carboxylic acids is 2. The zero-order valence-electron chi connectivity index (χ0n) is 18.2. The number of carboxylic acid groups (broad SMARTS) is 2. The molecule has 1 aromatic carbocycles. The molecule has 4 N–H and O–H groups in total. The Kier molecular flexibility index (Phi) is 8.91. The third-order valence-corrected chi connectivity index (χ3v) is 4.50. The molecule has 8 heteroatoms. The highest BCUT2D eigenvalue weighted by atomic mass is 16.5. The normalized spacial score (nSPS) is 17.6. The van der Waals surface area contributed by atoms with Crippen LogP contribution in [0.2, 0.25) is 0 Å². The number of carboxylic acids is 2. The molecular formula is C21H34N2O6. The van der Waals surface area contributed by atoms with Crippen molar-refractivity contribution in [2.45, 2.75) is 71.1 Å². The molecule has 1 fully saturated rings. The van der Waals surface area contributed by atoms with Gasteiger partial charge in [-0.25, -0.2) is 9.59 Å². The van der Waals surface area contributed by atoms with E-state index in [0.29, 0.717) is 12.6 Å². The molecule has 0 aliphatic carbocycles. The Morgan fingerprint density at radius 3 is 2.10 bits per heavy atom. The van der Waals surface area contributed by atoms with E-state index in [1.54, 1.807) is 7.11 Å². The fraction of sp³-hybridized carbons (Fsp3) is 0.619. The fourth-order valence-corrected chi connectivity index (χ4v) is 3.83. The molecule has 164 valence electrons. The van der Waals surface area contributed by atoms with Crippen LogP contribution < -0.4 is 20.1 Å². The smallest absolute Gasteiger partial charge is 0.414 e. The molecule has 0 unspecified atom stereocenters. The topological polar surface area (TPSA) is 117 Å². The number of carbonyl (C=O) groups is 2. The van der Waals surface area contributed by atoms with Crippen molar-refractivity contribution in [2.24, 2.45) is 0 Å². The Bertz CT molecular complexity index is 674. The lowest BCUT2D eigenvalue weighted by molar-refractivity contribution is -0.159. The first-order valence-electron chi connectivity index (χ1n) is 9.68. The highest BCUT2D eigenvalue weighted by molar-refractivity contribution is 6.27. The van der Waals surface area contributed by atoms with Crippen LogP contribution in [0, 0.1) is 0 Å². The summed E-state index contributed by atoms with van der Waals surface area (Å²) >= 11 is 0. The van der Waals surface area contributed by atoms with Crippen molar-refractivity contribution in [2.75, 3.05) is 13.7 Å². The van der Waals surface area contributed by atoms with Gasteiger partial charge in [0, 0.05) is 23.7 Å². The summed E-state index contributed by atoms with van der Waals surface area (Å²) in [6, 6.07) is 6.68. The monoisotopic (exact) mass is 410 g/mol. The van der Waals surface area contributed by atoms with E-state index in [-0.39, 0.29) is 11.1 Å². The van der Waals surface area contributed by atoms with Crippen molar-refractivity contribution in [1.82, 2.24) is 10.6 Å². The third-order valence-electron chi connectivity index (χ3n) is 4.50. The highest BCUT2D eigenvalue weighted by Crippen LogP contribution is 2.30. The number of hydrogen-bond donors (Lipinski definition) is 4. The van der Waals surface area contributed by atoms with E-state index in [2.05, 4.69) is 50.5 Å². The maximum atomic E-state index is 9.10. The van der Waals surface area contributed by atoms with E-state index in [4.69, 9.17) is 29.3 Å². The largest absolute Gasteiger partial charge is 0.493 e. The lowest BCUT2D eigenvalue weighted by Gasteiger charge is -2.46. The van der Waals surface area contributed by atoms with Crippen LogP contribution in [0.25, 0.3) is 0 Å². The average Bonchev–Trinajstić information content (AvgIpc) is 2.58. The summed E-state index contributed by atoms with van der Waals surface area (Å²) in [5.41, 5.74) is 1.55. The van der Waals surface area contributed by atoms with Crippen molar-refractivity contribution in [3.63, 3.8) is 0 Å². The molecule has 0 spiro atoms. The standard InChI is InChI=1S/C19H32N2O2.C2H2O4/c1-7-23-17-10-14(8-9-16(17)22-6)13-20-15-11-18(2,3)21-19(4,5)12-15;3-1(4)2(5)6/h8-10,15,20-21H,7,11-13H2,1-6H3;(H,3,4)(H,5,6). The van der Waals surface area contributed by atoms with Crippen molar-refractivity contribution in [3.05, 3.63) is 23.8 Å². The first-order valence-corrected chi connectivity index (χ1v) is 9.68. The summed E-state index contributed by atoms with van der Waals surface area (Å²) in [6.07, 6.45) is 2.26. The van der Waals surface area contributed by atoms with E-state index >= 15 is 0 Å². The molecule has 0 saturated carbocycles. The van der Waals surface area contributed by atoms with E-state index < -0.39 is 11.9 Å². The number of ether oxygens (including phenoxy) is 2. The lowest BCUT2D eigenvalue weighted by atomic mass is 9.79. The highest BCUT2D eigenvalue weighted by Gasteiger charge is 2.37. The van der Waals surface area contributed by atoms with Gasteiger partial charge in [-0.05, 0) is 65.2 Å². The van der Waals surface area contributed by atoms with Gasteiger partial charge < -0.3 is 30.3 Å². The van der Waals surface area contributed by atoms with Gasteiger partial charge in [0.1, 0.15) is 0 Å². The van der Waals surface area contributed by atoms with Gasteiger partial charge in [-0.1, -0.05) is 6.07 Å². The van der Waals surface area contributed by atoms with Crippen LogP contribution in [0.1, 0.15) is 53.0 Å². The van der Waals surface area contributed by atoms with Crippen LogP contribution >= 0.6 is 0 Å². The number of benzene rings is 1. The second-order valence-electron chi connectivity index (χ2n) is 8.41. The van der Waals surface area contributed by atoms with Crippen LogP contribution in [0.15, 0.2) is 18.2 Å². The summed E-state index contributed by atoms with van der Waals surface area (Å²) in [4.78, 5) is 18.2. The molecule has 0 atom stereocenters. The van der Waals surface area contributed by atoms with Gasteiger partial charge in [0.05, 0.1) is 13.7 Å². The van der Waals surface area contributed by atoms with E-state index in [1.165, 1.54) is 5.56 Å². The van der Waals surface area contributed by atoms with Gasteiger partial charge in [-0.2, -0.15) is 0 Å². The van der Waals surface area contributed by atoms with E-state index in [9.17, 15) is 0 Å². The first kappa shape index (κ1) is 24.7. The number of methoxy groups -OCH3 is 1. The molecule has 29 heavy (non-hydrogen) atoms. The SMILES string of the molecule is CCOc1cc(CNC2CC(C)(C)NC(C)(C)C2)ccc1OC.O=C(O)C(=O)O. The second kappa shape index (κ2) is 10.5. The van der Waals surface area contributed by atoms with Gasteiger partial charge >= 0.3 is 11.9 Å². The molecule has 1 heterocycles. The molecule has 0 radical (unpaired) electrons. The minimum atomic E-state index is -1.82. The maximum Gasteiger partial charge on any atom is 0.414 e. The molecule has 8 nitrogen and oxygen atoms in total. The Balaban J connectivity index is 0.000000612. The minimum absolute atomic E-state index is 0.163. The van der Waals surface area contributed by atoms with Crippen LogP contribution in [0.4, 0.5) is 0 Å². The second-order valence-corrected chi connectivity index (χ2v) is 8.41. The van der Waals surface area contributed by atoms with Gasteiger partial charge in [-0.15, -0.1) is 0 Å². The fourth-order valence-electron chi connectivity index (χ4n) is 3.83. The number of nitrogens with one attached hydrogen (secondary N) is 2. The molecule has 0 amide bonds. The Morgan fingerprint density at radius 1 is 1.10 bits per heavy atom. The number of rotatable bonds is 6. The van der Waals surface area contributed by atoms with Crippen molar-refractivity contribution >= 4 is 11.9 Å². The number of hydrogen-bond acceptors (Lipinski definition) is 6. The van der Waals surface area contributed by atoms with Gasteiger partial charge in [0.2, 0.25) is 0 Å². The molecule has 0 aromatic heterocycles. The van der Waals surface area contributed by atoms with Gasteiger partial charge in [0.15, 0.2) is 11.5 Å². The summed E-state index contributed by atoms with van der Waals surface area (Å²) in [7, 11) is 1.68. The van der Waals surface area contributed by atoms with Gasteiger partial charge in [-0.3, -0.25) is 0 Å². The van der Waals surface area contributed by atoms with Crippen molar-refractivity contribution < 1.29 is 29.3 Å². The van der Waals surface area contributed by atoms with Crippen LogP contribution in [-0.4, -0.2) is 53.0 Å². The zero-order valence-corrected chi connectivity index (χ0v) is 18.2. The molecule has 1 saturated heterocycles. The predicted octanol–water partition coefficient (Wildman–Crippen LogP) is 2.65.